The summed E-state index contributed by atoms with van der Waals surface area (Å²) in [4.78, 5) is 0. The fraction of sp³-hybridized carbons (Fsp3) is 0.600. The van der Waals surface area contributed by atoms with Crippen molar-refractivity contribution in [3.8, 4) is 5.75 Å². The minimum absolute atomic E-state index is 0.419. The Bertz CT molecular complexity index is 396. The normalized spacial score (nSPS) is 14.5. The zero-order chi connectivity index (χ0) is 14.4. The SMILES string of the molecule is CCOc1ccc(Br)cc1[C@@H](N)[C@@H](O)CCC(C)C. The Balaban J connectivity index is 2.84. The molecule has 4 heteroatoms. The summed E-state index contributed by atoms with van der Waals surface area (Å²) in [5.74, 6) is 1.32. The first-order valence-corrected chi connectivity index (χ1v) is 7.60. The van der Waals surface area contributed by atoms with Crippen LogP contribution in [0.15, 0.2) is 22.7 Å². The van der Waals surface area contributed by atoms with Crippen molar-refractivity contribution in [3.63, 3.8) is 0 Å². The van der Waals surface area contributed by atoms with Gasteiger partial charge in [-0.3, -0.25) is 0 Å². The number of ether oxygens (including phenoxy) is 1. The van der Waals surface area contributed by atoms with Gasteiger partial charge in [0, 0.05) is 10.0 Å². The summed E-state index contributed by atoms with van der Waals surface area (Å²) >= 11 is 3.43. The van der Waals surface area contributed by atoms with Gasteiger partial charge in [0.2, 0.25) is 0 Å². The summed E-state index contributed by atoms with van der Waals surface area (Å²) < 4.78 is 6.52. The molecule has 1 rings (SSSR count). The maximum Gasteiger partial charge on any atom is 0.124 e. The molecule has 3 nitrogen and oxygen atoms in total. The smallest absolute Gasteiger partial charge is 0.124 e. The van der Waals surface area contributed by atoms with Crippen LogP contribution in [0, 0.1) is 5.92 Å². The second-order valence-corrected chi connectivity index (χ2v) is 6.10. The molecule has 108 valence electrons. The number of halogens is 1. The van der Waals surface area contributed by atoms with Crippen LogP contribution in [0.4, 0.5) is 0 Å². The van der Waals surface area contributed by atoms with E-state index >= 15 is 0 Å². The van der Waals surface area contributed by atoms with Gasteiger partial charge in [0.05, 0.1) is 18.8 Å². The van der Waals surface area contributed by atoms with E-state index in [9.17, 15) is 5.11 Å². The molecule has 0 unspecified atom stereocenters. The maximum absolute atomic E-state index is 10.2. The predicted octanol–water partition coefficient (Wildman–Crippen LogP) is 3.64. The third-order valence-electron chi connectivity index (χ3n) is 3.09. The first-order chi connectivity index (χ1) is 8.95. The van der Waals surface area contributed by atoms with Gasteiger partial charge in [0.25, 0.3) is 0 Å². The Kier molecular flexibility index (Phi) is 6.83. The predicted molar refractivity (Wildman–Crippen MR) is 82.3 cm³/mol. The number of aliphatic hydroxyl groups is 1. The fourth-order valence-corrected chi connectivity index (χ4v) is 2.34. The monoisotopic (exact) mass is 329 g/mol. The Morgan fingerprint density at radius 2 is 2.00 bits per heavy atom. The van der Waals surface area contributed by atoms with Gasteiger partial charge in [-0.25, -0.2) is 0 Å². The molecular weight excluding hydrogens is 306 g/mol. The number of benzene rings is 1. The second kappa shape index (κ2) is 7.88. The largest absolute Gasteiger partial charge is 0.494 e. The molecule has 1 aromatic carbocycles. The van der Waals surface area contributed by atoms with Crippen LogP contribution >= 0.6 is 15.9 Å². The lowest BCUT2D eigenvalue weighted by Crippen LogP contribution is -2.27. The molecule has 0 aliphatic heterocycles. The quantitative estimate of drug-likeness (QED) is 0.802. The van der Waals surface area contributed by atoms with Gasteiger partial charge in [-0.05, 0) is 43.9 Å². The minimum Gasteiger partial charge on any atom is -0.494 e. The summed E-state index contributed by atoms with van der Waals surface area (Å²) in [6.07, 6.45) is 1.12. The van der Waals surface area contributed by atoms with Gasteiger partial charge >= 0.3 is 0 Å². The molecule has 3 N–H and O–H groups in total. The Morgan fingerprint density at radius 3 is 2.58 bits per heavy atom. The molecule has 0 aliphatic rings. The van der Waals surface area contributed by atoms with Gasteiger partial charge in [-0.1, -0.05) is 29.8 Å². The van der Waals surface area contributed by atoms with Crippen LogP contribution in [-0.4, -0.2) is 17.8 Å². The summed E-state index contributed by atoms with van der Waals surface area (Å²) in [7, 11) is 0. The molecule has 0 radical (unpaired) electrons. The van der Waals surface area contributed by atoms with Crippen LogP contribution < -0.4 is 10.5 Å². The van der Waals surface area contributed by atoms with Gasteiger partial charge in [0.1, 0.15) is 5.75 Å². The number of hydrogen-bond acceptors (Lipinski definition) is 3. The highest BCUT2D eigenvalue weighted by Crippen LogP contribution is 2.30. The van der Waals surface area contributed by atoms with Crippen LogP contribution in [0.2, 0.25) is 0 Å². The standard InChI is InChI=1S/C15H24BrNO2/c1-4-19-14-8-6-11(16)9-12(14)15(17)13(18)7-5-10(2)3/h6,8-10,13,15,18H,4-5,7,17H2,1-3H3/t13-,15+/m0/s1. The molecule has 0 bridgehead atoms. The lowest BCUT2D eigenvalue weighted by molar-refractivity contribution is 0.126. The number of nitrogens with two attached hydrogens (primary N) is 1. The van der Waals surface area contributed by atoms with Crippen LogP contribution in [0.25, 0.3) is 0 Å². The zero-order valence-electron chi connectivity index (χ0n) is 11.9. The number of aliphatic hydroxyl groups excluding tert-OH is 1. The highest BCUT2D eigenvalue weighted by atomic mass is 79.9. The van der Waals surface area contributed by atoms with Crippen LogP contribution in [0.1, 0.15) is 45.2 Å². The number of hydrogen-bond donors (Lipinski definition) is 2. The molecule has 19 heavy (non-hydrogen) atoms. The van der Waals surface area contributed by atoms with Crippen molar-refractivity contribution >= 4 is 15.9 Å². The van der Waals surface area contributed by atoms with Crippen molar-refractivity contribution in [1.29, 1.82) is 0 Å². The molecular formula is C15H24BrNO2. The minimum atomic E-state index is -0.545. The highest BCUT2D eigenvalue weighted by Gasteiger charge is 2.21. The van der Waals surface area contributed by atoms with E-state index in [1.54, 1.807) is 0 Å². The average molecular weight is 330 g/mol. The molecule has 0 amide bonds. The molecule has 0 saturated carbocycles. The van der Waals surface area contributed by atoms with Crippen LogP contribution in [-0.2, 0) is 0 Å². The molecule has 0 aliphatic carbocycles. The van der Waals surface area contributed by atoms with Gasteiger partial charge in [0.15, 0.2) is 0 Å². The van der Waals surface area contributed by atoms with Crippen molar-refractivity contribution < 1.29 is 9.84 Å². The lowest BCUT2D eigenvalue weighted by atomic mass is 9.95. The Morgan fingerprint density at radius 1 is 1.32 bits per heavy atom. The van der Waals surface area contributed by atoms with E-state index in [0.29, 0.717) is 18.9 Å². The van der Waals surface area contributed by atoms with Crippen molar-refractivity contribution in [1.82, 2.24) is 0 Å². The van der Waals surface area contributed by atoms with Crippen molar-refractivity contribution in [2.45, 2.75) is 45.8 Å². The molecule has 0 spiro atoms. The summed E-state index contributed by atoms with van der Waals surface area (Å²) in [5, 5.41) is 10.2. The lowest BCUT2D eigenvalue weighted by Gasteiger charge is -2.22. The van der Waals surface area contributed by atoms with E-state index in [1.807, 2.05) is 25.1 Å². The van der Waals surface area contributed by atoms with Gasteiger partial charge in [-0.15, -0.1) is 0 Å². The van der Waals surface area contributed by atoms with Crippen LogP contribution in [0.3, 0.4) is 0 Å². The van der Waals surface area contributed by atoms with E-state index < -0.39 is 12.1 Å². The van der Waals surface area contributed by atoms with E-state index in [0.717, 1.165) is 22.2 Å². The second-order valence-electron chi connectivity index (χ2n) is 5.18. The van der Waals surface area contributed by atoms with Crippen molar-refractivity contribution in [3.05, 3.63) is 28.2 Å². The van der Waals surface area contributed by atoms with E-state index in [1.165, 1.54) is 0 Å². The third kappa shape index (κ3) is 5.13. The zero-order valence-corrected chi connectivity index (χ0v) is 13.5. The van der Waals surface area contributed by atoms with Crippen molar-refractivity contribution in [2.75, 3.05) is 6.61 Å². The molecule has 0 aromatic heterocycles. The Labute approximate surface area is 124 Å². The first-order valence-electron chi connectivity index (χ1n) is 6.81. The maximum atomic E-state index is 10.2. The van der Waals surface area contributed by atoms with E-state index in [2.05, 4.69) is 29.8 Å². The van der Waals surface area contributed by atoms with E-state index in [-0.39, 0.29) is 0 Å². The topological polar surface area (TPSA) is 55.5 Å². The van der Waals surface area contributed by atoms with Gasteiger partial charge in [-0.2, -0.15) is 0 Å². The summed E-state index contributed by atoms with van der Waals surface area (Å²) in [5.41, 5.74) is 7.03. The highest BCUT2D eigenvalue weighted by molar-refractivity contribution is 9.10. The molecule has 1 aromatic rings. The summed E-state index contributed by atoms with van der Waals surface area (Å²) in [6.45, 7) is 6.81. The van der Waals surface area contributed by atoms with Crippen LogP contribution in [0.5, 0.6) is 5.75 Å². The summed E-state index contributed by atoms with van der Waals surface area (Å²) in [6, 6.07) is 5.31. The van der Waals surface area contributed by atoms with E-state index in [4.69, 9.17) is 10.5 Å². The van der Waals surface area contributed by atoms with Crippen molar-refractivity contribution in [2.24, 2.45) is 11.7 Å². The number of rotatable bonds is 7. The third-order valence-corrected chi connectivity index (χ3v) is 3.58. The first kappa shape index (κ1) is 16.5. The molecule has 2 atom stereocenters. The molecule has 0 fully saturated rings. The fourth-order valence-electron chi connectivity index (χ4n) is 1.96. The average Bonchev–Trinajstić information content (AvgIpc) is 2.37. The molecule has 0 saturated heterocycles. The Hall–Kier alpha value is -0.580. The molecule has 0 heterocycles. The van der Waals surface area contributed by atoms with Gasteiger partial charge < -0.3 is 15.6 Å².